The monoisotopic (exact) mass is 918 g/mol. The first-order chi connectivity index (χ1) is 32.3. The van der Waals surface area contributed by atoms with Crippen molar-refractivity contribution in [3.63, 3.8) is 0 Å². The van der Waals surface area contributed by atoms with Crippen LogP contribution in [0.3, 0.4) is 0 Å². The zero-order chi connectivity index (χ0) is 48.4. The van der Waals surface area contributed by atoms with Gasteiger partial charge < -0.3 is 91.9 Å². The van der Waals surface area contributed by atoms with Gasteiger partial charge in [-0.05, 0) is 64.6 Å². The molecule has 18 nitrogen and oxygen atoms in total. The van der Waals surface area contributed by atoms with E-state index < -0.39 is 137 Å². The molecule has 0 aliphatic carbocycles. The van der Waals surface area contributed by atoms with Crippen molar-refractivity contribution in [3.8, 4) is 148 Å². The molecule has 18 heteroatoms. The molecule has 0 heterocycles. The Kier molecular flexibility index (Phi) is 7.91. The van der Waals surface area contributed by atoms with E-state index in [1.165, 1.54) is 0 Å². The van der Waals surface area contributed by atoms with Gasteiger partial charge in [0.1, 0.15) is 0 Å². The molecule has 11 aromatic rings. The minimum Gasteiger partial charge on any atom is -0.504 e. The fraction of sp³-hybridized carbons (Fsp3) is 0. The molecule has 0 unspecified atom stereocenters. The van der Waals surface area contributed by atoms with Crippen molar-refractivity contribution in [2.24, 2.45) is 0 Å². The molecule has 0 atom stereocenters. The lowest BCUT2D eigenvalue weighted by atomic mass is 9.84. The van der Waals surface area contributed by atoms with Gasteiger partial charge in [0.2, 0.25) is 34.5 Å². The van der Waals surface area contributed by atoms with Crippen molar-refractivity contribution in [3.05, 3.63) is 72.8 Å². The molecule has 0 bridgehead atoms. The predicted octanol–water partition coefficient (Wildman–Crippen LogP) is 8.85. The molecule has 11 rings (SSSR count). The summed E-state index contributed by atoms with van der Waals surface area (Å²) in [7, 11) is 0. The largest absolute Gasteiger partial charge is 0.504 e. The maximum absolute atomic E-state index is 12.2. The Hall–Kier alpha value is -10.1. The Morgan fingerprint density at radius 2 is 0.324 bits per heavy atom. The number of phenols is 18. The third-order valence-electron chi connectivity index (χ3n) is 12.9. The van der Waals surface area contributed by atoms with E-state index in [1.807, 2.05) is 0 Å². The normalized spacial score (nSPS) is 12.0. The zero-order valence-electron chi connectivity index (χ0n) is 34.0. The summed E-state index contributed by atoms with van der Waals surface area (Å²) in [6.07, 6.45) is 0. The van der Waals surface area contributed by atoms with Gasteiger partial charge in [-0.3, -0.25) is 0 Å². The summed E-state index contributed by atoms with van der Waals surface area (Å²) in [6, 6.07) is 20.3. The Balaban J connectivity index is 1.40. The van der Waals surface area contributed by atoms with Gasteiger partial charge in [-0.2, -0.15) is 0 Å². The molecule has 0 aromatic heterocycles. The Labute approximate surface area is 376 Å². The number of hydrogen-bond acceptors (Lipinski definition) is 18. The van der Waals surface area contributed by atoms with Crippen LogP contribution in [0, 0.1) is 0 Å². The number of phenolic OH excluding ortho intramolecular Hbond substituents is 18. The molecule has 68 heavy (non-hydrogen) atoms. The van der Waals surface area contributed by atoms with Gasteiger partial charge in [0.05, 0.1) is 33.4 Å². The summed E-state index contributed by atoms with van der Waals surface area (Å²) in [5.41, 5.74) is -6.10. The lowest BCUT2D eigenvalue weighted by Crippen LogP contribution is -1.94. The SMILES string of the molecule is Oc1c(O)c(O)c(-c2c(O)c(O)c(-c3c4c5cccc6cccc(c4c(-c4c(O)c(O)c(-c7c(O)c(O)c(O)c(O)c7O)c(O)c4O)c4c7cccc8cccc(c34)c87)c65)c(O)c2O)c(O)c1O. The van der Waals surface area contributed by atoms with Crippen LogP contribution in [0.1, 0.15) is 0 Å². The highest BCUT2D eigenvalue weighted by molar-refractivity contribution is 6.47. The highest BCUT2D eigenvalue weighted by Crippen LogP contribution is 2.68. The molecule has 0 saturated carbocycles. The first kappa shape index (κ1) is 40.7. The first-order valence-electron chi connectivity index (χ1n) is 20.0. The maximum atomic E-state index is 12.2. The molecular weight excluding hydrogens is 889 g/mol. The number of benzene rings is 9. The van der Waals surface area contributed by atoms with Gasteiger partial charge in [-0.15, -0.1) is 0 Å². The van der Waals surface area contributed by atoms with Gasteiger partial charge in [0, 0.05) is 11.1 Å². The van der Waals surface area contributed by atoms with Crippen LogP contribution >= 0.6 is 0 Å². The van der Waals surface area contributed by atoms with Crippen LogP contribution in [0.25, 0.3) is 109 Å². The lowest BCUT2D eigenvalue weighted by molar-refractivity contribution is 0.329. The van der Waals surface area contributed by atoms with Gasteiger partial charge in [0.25, 0.3) is 0 Å². The average molecular weight is 919 g/mol. The third-order valence-corrected chi connectivity index (χ3v) is 12.9. The standard InChI is InChI=1S/C50H30O18/c51-33-27(34(52)38(56)29(37(33)55)31-41(59)45(63)49(67)46(64)42(31)60)25-21-15-9-1-5-13-6-2-10-16(19(13)15)22(21)26(24-18-12-4-8-14-7-3-11-17(20(14)18)23(24)25)28-35(53)39(57)30(40(58)36(28)54)32-43(61)47(65)50(68)48(66)44(32)62/h1-12,51-68H. The number of hydrogen-bond donors (Lipinski definition) is 18. The molecule has 18 N–H and O–H groups in total. The highest BCUT2D eigenvalue weighted by Gasteiger charge is 2.39. The third kappa shape index (κ3) is 4.67. The number of fused-ring (bicyclic) bond motifs is 6. The summed E-state index contributed by atoms with van der Waals surface area (Å²) < 4.78 is 0. The van der Waals surface area contributed by atoms with E-state index >= 15 is 0 Å². The second-order valence-corrected chi connectivity index (χ2v) is 16.2. The predicted molar refractivity (Wildman–Crippen MR) is 246 cm³/mol. The van der Waals surface area contributed by atoms with Crippen molar-refractivity contribution < 1.29 is 91.9 Å². The summed E-state index contributed by atoms with van der Waals surface area (Å²) in [4.78, 5) is 0. The summed E-state index contributed by atoms with van der Waals surface area (Å²) in [5, 5.41) is 205. The highest BCUT2D eigenvalue weighted by atomic mass is 16.4. The van der Waals surface area contributed by atoms with Gasteiger partial charge in [-0.1, -0.05) is 72.8 Å². The van der Waals surface area contributed by atoms with Crippen molar-refractivity contribution in [2.75, 3.05) is 0 Å². The van der Waals surface area contributed by atoms with Crippen molar-refractivity contribution in [1.29, 1.82) is 0 Å². The second-order valence-electron chi connectivity index (χ2n) is 16.2. The minimum atomic E-state index is -1.41. The first-order valence-corrected chi connectivity index (χ1v) is 20.0. The number of aromatic hydroxyl groups is 18. The molecule has 338 valence electrons. The van der Waals surface area contributed by atoms with Crippen molar-refractivity contribution in [1.82, 2.24) is 0 Å². The van der Waals surface area contributed by atoms with Gasteiger partial charge in [0.15, 0.2) is 69.0 Å². The van der Waals surface area contributed by atoms with Crippen LogP contribution in [0.5, 0.6) is 103 Å². The summed E-state index contributed by atoms with van der Waals surface area (Å²) in [6.45, 7) is 0. The molecule has 0 amide bonds. The van der Waals surface area contributed by atoms with Gasteiger partial charge in [-0.25, -0.2) is 0 Å². The van der Waals surface area contributed by atoms with Crippen LogP contribution < -0.4 is 0 Å². The molecule has 0 radical (unpaired) electrons. The van der Waals surface area contributed by atoms with E-state index in [2.05, 4.69) is 0 Å². The second kappa shape index (κ2) is 13.2. The van der Waals surface area contributed by atoms with E-state index in [9.17, 15) is 91.9 Å². The van der Waals surface area contributed by atoms with E-state index in [0.29, 0.717) is 43.1 Å². The van der Waals surface area contributed by atoms with Crippen LogP contribution in [-0.4, -0.2) is 91.9 Å². The quantitative estimate of drug-likeness (QED) is 0.0578. The molecule has 0 spiro atoms. The Bertz CT molecular complexity index is 3620. The smallest absolute Gasteiger partial charge is 0.208 e. The van der Waals surface area contributed by atoms with Crippen molar-refractivity contribution in [2.45, 2.75) is 0 Å². The van der Waals surface area contributed by atoms with E-state index in [0.717, 1.165) is 0 Å². The van der Waals surface area contributed by atoms with Crippen LogP contribution in [0.4, 0.5) is 0 Å². The van der Waals surface area contributed by atoms with E-state index in [1.54, 1.807) is 72.8 Å². The fourth-order valence-corrected chi connectivity index (χ4v) is 10.0. The minimum absolute atomic E-state index is 0.0728. The van der Waals surface area contributed by atoms with Crippen LogP contribution in [0.2, 0.25) is 0 Å². The van der Waals surface area contributed by atoms with Crippen LogP contribution in [0.15, 0.2) is 72.8 Å². The molecule has 0 aliphatic heterocycles. The van der Waals surface area contributed by atoms with E-state index in [4.69, 9.17) is 0 Å². The molecule has 11 aromatic carbocycles. The Morgan fingerprint density at radius 3 is 0.529 bits per heavy atom. The topological polar surface area (TPSA) is 364 Å². The molecular formula is C50H30O18. The van der Waals surface area contributed by atoms with Gasteiger partial charge >= 0.3 is 0 Å². The Morgan fingerprint density at radius 1 is 0.162 bits per heavy atom. The van der Waals surface area contributed by atoms with E-state index in [-0.39, 0.29) is 32.7 Å². The fourth-order valence-electron chi connectivity index (χ4n) is 10.0. The number of rotatable bonds is 4. The van der Waals surface area contributed by atoms with Crippen molar-refractivity contribution >= 4 is 64.6 Å². The lowest BCUT2D eigenvalue weighted by Gasteiger charge is -2.22. The molecule has 0 fully saturated rings. The molecule has 0 aliphatic rings. The van der Waals surface area contributed by atoms with Crippen LogP contribution in [-0.2, 0) is 0 Å². The summed E-state index contributed by atoms with van der Waals surface area (Å²) in [5.74, 6) is -24.2. The zero-order valence-corrected chi connectivity index (χ0v) is 34.0. The average Bonchev–Trinajstić information content (AvgIpc) is 3.85. The maximum Gasteiger partial charge on any atom is 0.208 e. The molecule has 0 saturated heterocycles. The summed E-state index contributed by atoms with van der Waals surface area (Å²) >= 11 is 0.